The van der Waals surface area contributed by atoms with E-state index in [1.165, 1.54) is 16.7 Å². The molecule has 1 aliphatic heterocycles. The molecule has 0 saturated carbocycles. The van der Waals surface area contributed by atoms with Gasteiger partial charge in [-0.3, -0.25) is 4.90 Å². The summed E-state index contributed by atoms with van der Waals surface area (Å²) < 4.78 is 0. The molecule has 0 radical (unpaired) electrons. The number of hydrogen-bond donors (Lipinski definition) is 1. The van der Waals surface area contributed by atoms with E-state index < -0.39 is 0 Å². The highest BCUT2D eigenvalue weighted by Crippen LogP contribution is 2.30. The SMILES string of the molecule is CCc1ccc(C(c2ccc(Cl)cc2)N2CCNCC2)cc1. The fraction of sp³-hybridized carbons (Fsp3) is 0.368. The van der Waals surface area contributed by atoms with Crippen LogP contribution in [0.5, 0.6) is 0 Å². The number of piperazine rings is 1. The van der Waals surface area contributed by atoms with Crippen LogP contribution in [0.15, 0.2) is 48.5 Å². The minimum absolute atomic E-state index is 0.310. The van der Waals surface area contributed by atoms with Crippen LogP contribution in [0.3, 0.4) is 0 Å². The van der Waals surface area contributed by atoms with E-state index in [1.807, 2.05) is 12.1 Å². The summed E-state index contributed by atoms with van der Waals surface area (Å²) in [6.07, 6.45) is 1.08. The van der Waals surface area contributed by atoms with Gasteiger partial charge in [0.25, 0.3) is 0 Å². The number of rotatable bonds is 4. The van der Waals surface area contributed by atoms with E-state index in [9.17, 15) is 0 Å². The third-order valence-electron chi connectivity index (χ3n) is 4.41. The highest BCUT2D eigenvalue weighted by molar-refractivity contribution is 6.30. The summed E-state index contributed by atoms with van der Waals surface area (Å²) >= 11 is 6.06. The molecule has 0 aliphatic carbocycles. The van der Waals surface area contributed by atoms with Crippen molar-refractivity contribution in [3.05, 3.63) is 70.2 Å². The molecule has 3 rings (SSSR count). The minimum Gasteiger partial charge on any atom is -0.314 e. The molecular formula is C19H23ClN2. The topological polar surface area (TPSA) is 15.3 Å². The van der Waals surface area contributed by atoms with Gasteiger partial charge in [-0.2, -0.15) is 0 Å². The Labute approximate surface area is 138 Å². The molecule has 0 spiro atoms. The molecule has 1 fully saturated rings. The third-order valence-corrected chi connectivity index (χ3v) is 4.66. The Kier molecular flexibility index (Phi) is 5.14. The molecule has 22 heavy (non-hydrogen) atoms. The number of aryl methyl sites for hydroxylation is 1. The Morgan fingerprint density at radius 3 is 2.05 bits per heavy atom. The summed E-state index contributed by atoms with van der Waals surface area (Å²) in [5, 5.41) is 4.23. The van der Waals surface area contributed by atoms with Crippen LogP contribution in [0.25, 0.3) is 0 Å². The Morgan fingerprint density at radius 2 is 1.50 bits per heavy atom. The Balaban J connectivity index is 1.95. The maximum atomic E-state index is 6.06. The van der Waals surface area contributed by atoms with Gasteiger partial charge < -0.3 is 5.32 Å². The largest absolute Gasteiger partial charge is 0.314 e. The molecule has 0 aromatic heterocycles. The van der Waals surface area contributed by atoms with Crippen molar-refractivity contribution in [1.29, 1.82) is 0 Å². The Morgan fingerprint density at radius 1 is 0.955 bits per heavy atom. The van der Waals surface area contributed by atoms with Crippen LogP contribution < -0.4 is 5.32 Å². The molecule has 2 aromatic carbocycles. The predicted molar refractivity (Wildman–Crippen MR) is 93.6 cm³/mol. The maximum absolute atomic E-state index is 6.06. The molecule has 1 atom stereocenters. The van der Waals surface area contributed by atoms with Crippen molar-refractivity contribution < 1.29 is 0 Å². The molecule has 1 N–H and O–H groups in total. The van der Waals surface area contributed by atoms with Gasteiger partial charge in [0.15, 0.2) is 0 Å². The second-order valence-electron chi connectivity index (χ2n) is 5.84. The van der Waals surface area contributed by atoms with Gasteiger partial charge in [-0.05, 0) is 35.2 Å². The van der Waals surface area contributed by atoms with E-state index in [2.05, 4.69) is 53.5 Å². The van der Waals surface area contributed by atoms with Gasteiger partial charge in [-0.25, -0.2) is 0 Å². The second-order valence-corrected chi connectivity index (χ2v) is 6.27. The van der Waals surface area contributed by atoms with Crippen molar-refractivity contribution in [2.45, 2.75) is 19.4 Å². The number of benzene rings is 2. The first kappa shape index (κ1) is 15.5. The van der Waals surface area contributed by atoms with E-state index in [-0.39, 0.29) is 0 Å². The van der Waals surface area contributed by atoms with Crippen molar-refractivity contribution in [2.75, 3.05) is 26.2 Å². The number of halogens is 1. The van der Waals surface area contributed by atoms with Crippen LogP contribution in [-0.4, -0.2) is 31.1 Å². The highest BCUT2D eigenvalue weighted by Gasteiger charge is 2.23. The van der Waals surface area contributed by atoms with Crippen LogP contribution in [0, 0.1) is 0 Å². The Hall–Kier alpha value is -1.35. The standard InChI is InChI=1S/C19H23ClN2/c1-2-15-3-5-16(6-4-15)19(22-13-11-21-12-14-22)17-7-9-18(20)10-8-17/h3-10,19,21H,2,11-14H2,1H3. The number of nitrogens with one attached hydrogen (secondary N) is 1. The second kappa shape index (κ2) is 7.28. The quantitative estimate of drug-likeness (QED) is 0.921. The molecule has 1 saturated heterocycles. The van der Waals surface area contributed by atoms with Crippen LogP contribution in [0.2, 0.25) is 5.02 Å². The lowest BCUT2D eigenvalue weighted by atomic mass is 9.95. The molecule has 116 valence electrons. The maximum Gasteiger partial charge on any atom is 0.0602 e. The van der Waals surface area contributed by atoms with Crippen molar-refractivity contribution in [3.63, 3.8) is 0 Å². The molecule has 1 aliphatic rings. The summed E-state index contributed by atoms with van der Waals surface area (Å²) in [5.74, 6) is 0. The average molecular weight is 315 g/mol. The fourth-order valence-corrected chi connectivity index (χ4v) is 3.26. The first-order valence-corrected chi connectivity index (χ1v) is 8.45. The summed E-state index contributed by atoms with van der Waals surface area (Å²) in [5.41, 5.74) is 4.07. The smallest absolute Gasteiger partial charge is 0.0602 e. The van der Waals surface area contributed by atoms with Crippen LogP contribution in [-0.2, 0) is 6.42 Å². The summed E-state index contributed by atoms with van der Waals surface area (Å²) in [6.45, 7) is 6.45. The molecule has 1 unspecified atom stereocenters. The van der Waals surface area contributed by atoms with Gasteiger partial charge in [-0.1, -0.05) is 54.9 Å². The zero-order chi connectivity index (χ0) is 15.4. The zero-order valence-corrected chi connectivity index (χ0v) is 13.8. The lowest BCUT2D eigenvalue weighted by Crippen LogP contribution is -2.45. The fourth-order valence-electron chi connectivity index (χ4n) is 3.14. The first-order chi connectivity index (χ1) is 10.8. The van der Waals surface area contributed by atoms with Crippen molar-refractivity contribution >= 4 is 11.6 Å². The van der Waals surface area contributed by atoms with Crippen molar-refractivity contribution in [2.24, 2.45) is 0 Å². The van der Waals surface area contributed by atoms with E-state index in [1.54, 1.807) is 0 Å². The predicted octanol–water partition coefficient (Wildman–Crippen LogP) is 3.90. The van der Waals surface area contributed by atoms with Crippen molar-refractivity contribution in [3.8, 4) is 0 Å². The van der Waals surface area contributed by atoms with Crippen molar-refractivity contribution in [1.82, 2.24) is 10.2 Å². The lowest BCUT2D eigenvalue weighted by molar-refractivity contribution is 0.198. The normalized spacial score (nSPS) is 17.4. The first-order valence-electron chi connectivity index (χ1n) is 8.07. The molecule has 2 nitrogen and oxygen atoms in total. The molecule has 0 bridgehead atoms. The molecular weight excluding hydrogens is 292 g/mol. The monoisotopic (exact) mass is 314 g/mol. The van der Waals surface area contributed by atoms with Gasteiger partial charge in [0, 0.05) is 31.2 Å². The van der Waals surface area contributed by atoms with Crippen LogP contribution >= 0.6 is 11.6 Å². The van der Waals surface area contributed by atoms with Gasteiger partial charge in [-0.15, -0.1) is 0 Å². The van der Waals surface area contributed by atoms with Crippen LogP contribution in [0.1, 0.15) is 29.7 Å². The molecule has 1 heterocycles. The summed E-state index contributed by atoms with van der Waals surface area (Å²) in [4.78, 5) is 2.56. The van der Waals surface area contributed by atoms with E-state index in [0.29, 0.717) is 6.04 Å². The third kappa shape index (κ3) is 3.52. The minimum atomic E-state index is 0.310. The summed E-state index contributed by atoms with van der Waals surface area (Å²) in [7, 11) is 0. The van der Waals surface area contributed by atoms with Gasteiger partial charge in [0.1, 0.15) is 0 Å². The average Bonchev–Trinajstić information content (AvgIpc) is 2.58. The summed E-state index contributed by atoms with van der Waals surface area (Å²) in [6, 6.07) is 17.7. The zero-order valence-electron chi connectivity index (χ0n) is 13.1. The lowest BCUT2D eigenvalue weighted by Gasteiger charge is -2.35. The van der Waals surface area contributed by atoms with Crippen LogP contribution in [0.4, 0.5) is 0 Å². The highest BCUT2D eigenvalue weighted by atomic mass is 35.5. The molecule has 3 heteroatoms. The van der Waals surface area contributed by atoms with Gasteiger partial charge in [0.05, 0.1) is 6.04 Å². The number of hydrogen-bond acceptors (Lipinski definition) is 2. The van der Waals surface area contributed by atoms with E-state index in [0.717, 1.165) is 37.6 Å². The number of nitrogens with zero attached hydrogens (tertiary/aromatic N) is 1. The van der Waals surface area contributed by atoms with Gasteiger partial charge in [0.2, 0.25) is 0 Å². The van der Waals surface area contributed by atoms with E-state index in [4.69, 9.17) is 11.6 Å². The Bertz CT molecular complexity index is 586. The van der Waals surface area contributed by atoms with Gasteiger partial charge >= 0.3 is 0 Å². The molecule has 2 aromatic rings. The van der Waals surface area contributed by atoms with E-state index >= 15 is 0 Å². The molecule has 0 amide bonds.